The summed E-state index contributed by atoms with van der Waals surface area (Å²) in [6.45, 7) is 6.71. The van der Waals surface area contributed by atoms with Gasteiger partial charge in [-0.1, -0.05) is 26.3 Å². The van der Waals surface area contributed by atoms with E-state index in [0.29, 0.717) is 13.2 Å². The average molecular weight is 202 g/mol. The fraction of sp³-hybridized carbons (Fsp3) is 0.700. The Balaban J connectivity index is 3.05. The van der Waals surface area contributed by atoms with E-state index in [0.717, 1.165) is 12.7 Å². The zero-order valence-corrected chi connectivity index (χ0v) is 8.66. The van der Waals surface area contributed by atoms with Gasteiger partial charge in [0.15, 0.2) is 0 Å². The fourth-order valence-corrected chi connectivity index (χ4v) is 0.842. The summed E-state index contributed by atoms with van der Waals surface area (Å²) < 4.78 is 14.2. The molecule has 0 aromatic rings. The molecule has 0 spiro atoms. The zero-order chi connectivity index (χ0) is 10.6. The summed E-state index contributed by atoms with van der Waals surface area (Å²) in [6.07, 6.45) is 3.68. The first-order valence-electron chi connectivity index (χ1n) is 4.83. The van der Waals surface area contributed by atoms with Gasteiger partial charge in [-0.05, 0) is 6.42 Å². The van der Waals surface area contributed by atoms with Gasteiger partial charge in [0.2, 0.25) is 0 Å². The van der Waals surface area contributed by atoms with Crippen molar-refractivity contribution in [2.24, 2.45) is 0 Å². The number of carbonyl (C=O) groups excluding carboxylic acids is 1. The van der Waals surface area contributed by atoms with Crippen molar-refractivity contribution in [1.29, 1.82) is 0 Å². The van der Waals surface area contributed by atoms with Crippen LogP contribution in [0, 0.1) is 0 Å². The molecule has 0 atom stereocenters. The lowest BCUT2D eigenvalue weighted by Crippen LogP contribution is -2.10. The van der Waals surface area contributed by atoms with Gasteiger partial charge in [0.1, 0.15) is 6.61 Å². The molecule has 0 fully saturated rings. The van der Waals surface area contributed by atoms with Gasteiger partial charge in [-0.25, -0.2) is 4.79 Å². The van der Waals surface area contributed by atoms with Crippen molar-refractivity contribution in [3.8, 4) is 0 Å². The van der Waals surface area contributed by atoms with Gasteiger partial charge in [-0.2, -0.15) is 0 Å². The van der Waals surface area contributed by atoms with Gasteiger partial charge in [-0.15, -0.1) is 0 Å². The van der Waals surface area contributed by atoms with Gasteiger partial charge in [0.25, 0.3) is 0 Å². The van der Waals surface area contributed by atoms with E-state index in [1.54, 1.807) is 0 Å². The van der Waals surface area contributed by atoms with Crippen molar-refractivity contribution < 1.29 is 19.0 Å². The molecule has 0 unspecified atom stereocenters. The van der Waals surface area contributed by atoms with Crippen molar-refractivity contribution in [1.82, 2.24) is 0 Å². The summed E-state index contributed by atoms with van der Waals surface area (Å²) in [7, 11) is 0. The second-order valence-corrected chi connectivity index (χ2v) is 2.70. The Kier molecular flexibility index (Phi) is 9.31. The molecule has 0 aliphatic carbocycles. The zero-order valence-electron chi connectivity index (χ0n) is 8.66. The molecule has 4 heteroatoms. The van der Waals surface area contributed by atoms with E-state index < -0.39 is 6.16 Å². The highest BCUT2D eigenvalue weighted by Crippen LogP contribution is 1.94. The Morgan fingerprint density at radius 2 is 2.07 bits per heavy atom. The summed E-state index contributed by atoms with van der Waals surface area (Å²) in [5.74, 6) is 0. The SMILES string of the molecule is C=COC(=O)OCCOCCCCC. The number of unbranched alkanes of at least 4 members (excludes halogenated alkanes) is 2. The molecule has 0 bridgehead atoms. The Morgan fingerprint density at radius 3 is 2.71 bits per heavy atom. The summed E-state index contributed by atoms with van der Waals surface area (Å²) in [6, 6.07) is 0. The van der Waals surface area contributed by atoms with Crippen LogP contribution in [0.5, 0.6) is 0 Å². The van der Waals surface area contributed by atoms with Gasteiger partial charge in [-0.3, -0.25) is 0 Å². The third kappa shape index (κ3) is 9.06. The normalized spacial score (nSPS) is 9.50. The lowest BCUT2D eigenvalue weighted by Gasteiger charge is -2.04. The van der Waals surface area contributed by atoms with E-state index >= 15 is 0 Å². The Morgan fingerprint density at radius 1 is 1.29 bits per heavy atom. The standard InChI is InChI=1S/C10H18O4/c1-3-5-6-7-12-8-9-14-10(11)13-4-2/h4H,2-3,5-9H2,1H3. The summed E-state index contributed by atoms with van der Waals surface area (Å²) in [5, 5.41) is 0. The lowest BCUT2D eigenvalue weighted by atomic mass is 10.3. The van der Waals surface area contributed by atoms with E-state index in [2.05, 4.69) is 23.0 Å². The molecule has 0 aromatic heterocycles. The predicted molar refractivity (Wildman–Crippen MR) is 53.0 cm³/mol. The molecule has 0 N–H and O–H groups in total. The maximum absolute atomic E-state index is 10.6. The molecule has 0 radical (unpaired) electrons. The molecule has 82 valence electrons. The molecule has 0 rings (SSSR count). The summed E-state index contributed by atoms with van der Waals surface area (Å²) >= 11 is 0. The first kappa shape index (κ1) is 13.0. The summed E-state index contributed by atoms with van der Waals surface area (Å²) in [5.41, 5.74) is 0. The van der Waals surface area contributed by atoms with Crippen LogP contribution in [-0.2, 0) is 14.2 Å². The van der Waals surface area contributed by atoms with Crippen molar-refractivity contribution in [2.45, 2.75) is 26.2 Å². The topological polar surface area (TPSA) is 44.8 Å². The molecule has 0 saturated carbocycles. The highest BCUT2D eigenvalue weighted by atomic mass is 16.7. The van der Waals surface area contributed by atoms with Crippen LogP contribution in [-0.4, -0.2) is 26.0 Å². The van der Waals surface area contributed by atoms with E-state index in [1.807, 2.05) is 0 Å². The fourth-order valence-electron chi connectivity index (χ4n) is 0.842. The van der Waals surface area contributed by atoms with Crippen molar-refractivity contribution in [3.05, 3.63) is 12.8 Å². The minimum atomic E-state index is -0.739. The largest absolute Gasteiger partial charge is 0.513 e. The molecular weight excluding hydrogens is 184 g/mol. The third-order valence-corrected chi connectivity index (χ3v) is 1.52. The number of ether oxygens (including phenoxy) is 3. The molecule has 0 amide bonds. The van der Waals surface area contributed by atoms with Crippen LogP contribution < -0.4 is 0 Å². The number of carbonyl (C=O) groups is 1. The number of rotatable bonds is 8. The Hall–Kier alpha value is -1.03. The van der Waals surface area contributed by atoms with Gasteiger partial charge in [0.05, 0.1) is 12.9 Å². The second kappa shape index (κ2) is 10.1. The van der Waals surface area contributed by atoms with Crippen molar-refractivity contribution in [3.63, 3.8) is 0 Å². The molecule has 0 aliphatic heterocycles. The molecule has 4 nitrogen and oxygen atoms in total. The molecule has 0 aliphatic rings. The van der Waals surface area contributed by atoms with Crippen LogP contribution in [0.4, 0.5) is 4.79 Å². The third-order valence-electron chi connectivity index (χ3n) is 1.52. The highest BCUT2D eigenvalue weighted by molar-refractivity contribution is 5.60. The van der Waals surface area contributed by atoms with Crippen LogP contribution in [0.15, 0.2) is 12.8 Å². The van der Waals surface area contributed by atoms with Crippen LogP contribution in [0.2, 0.25) is 0 Å². The maximum Gasteiger partial charge on any atom is 0.513 e. The minimum Gasteiger partial charge on any atom is -0.432 e. The van der Waals surface area contributed by atoms with Gasteiger partial charge in [0, 0.05) is 6.61 Å². The van der Waals surface area contributed by atoms with E-state index in [9.17, 15) is 4.79 Å². The van der Waals surface area contributed by atoms with Crippen molar-refractivity contribution in [2.75, 3.05) is 19.8 Å². The molecule has 14 heavy (non-hydrogen) atoms. The van der Waals surface area contributed by atoms with E-state index in [-0.39, 0.29) is 6.61 Å². The minimum absolute atomic E-state index is 0.221. The predicted octanol–water partition coefficient (Wildman–Crippen LogP) is 2.49. The van der Waals surface area contributed by atoms with Crippen molar-refractivity contribution >= 4 is 6.16 Å². The van der Waals surface area contributed by atoms with Gasteiger partial charge < -0.3 is 14.2 Å². The second-order valence-electron chi connectivity index (χ2n) is 2.70. The summed E-state index contributed by atoms with van der Waals surface area (Å²) in [4.78, 5) is 10.6. The monoisotopic (exact) mass is 202 g/mol. The van der Waals surface area contributed by atoms with Crippen LogP contribution in [0.3, 0.4) is 0 Å². The number of hydrogen-bond acceptors (Lipinski definition) is 4. The van der Waals surface area contributed by atoms with Gasteiger partial charge >= 0.3 is 6.16 Å². The Labute approximate surface area is 84.8 Å². The molecule has 0 aromatic carbocycles. The molecule has 0 saturated heterocycles. The number of hydrogen-bond donors (Lipinski definition) is 0. The molecule has 0 heterocycles. The average Bonchev–Trinajstić information content (AvgIpc) is 2.17. The smallest absolute Gasteiger partial charge is 0.432 e. The quantitative estimate of drug-likeness (QED) is 0.344. The van der Waals surface area contributed by atoms with E-state index in [1.165, 1.54) is 12.8 Å². The first-order chi connectivity index (χ1) is 6.81. The molecular formula is C10H18O4. The maximum atomic E-state index is 10.6. The Bertz CT molecular complexity index is 156. The van der Waals surface area contributed by atoms with Crippen LogP contribution in [0.25, 0.3) is 0 Å². The van der Waals surface area contributed by atoms with Crippen LogP contribution in [0.1, 0.15) is 26.2 Å². The lowest BCUT2D eigenvalue weighted by molar-refractivity contribution is 0.0436. The van der Waals surface area contributed by atoms with E-state index in [4.69, 9.17) is 4.74 Å². The van der Waals surface area contributed by atoms with Crippen LogP contribution >= 0.6 is 0 Å². The first-order valence-corrected chi connectivity index (χ1v) is 4.83. The highest BCUT2D eigenvalue weighted by Gasteiger charge is 1.99.